The SMILES string of the molecule is CNC(=O)c1ncccc1C(C)=O. The lowest BCUT2D eigenvalue weighted by atomic mass is 10.1. The van der Waals surface area contributed by atoms with Crippen molar-refractivity contribution in [3.05, 3.63) is 29.6 Å². The van der Waals surface area contributed by atoms with E-state index in [0.29, 0.717) is 5.56 Å². The quantitative estimate of drug-likeness (QED) is 0.676. The van der Waals surface area contributed by atoms with Crippen molar-refractivity contribution in [2.45, 2.75) is 6.92 Å². The summed E-state index contributed by atoms with van der Waals surface area (Å²) in [5.41, 5.74) is 0.527. The monoisotopic (exact) mass is 178 g/mol. The van der Waals surface area contributed by atoms with E-state index in [1.54, 1.807) is 12.1 Å². The number of hydrogen-bond donors (Lipinski definition) is 1. The second kappa shape index (κ2) is 3.80. The summed E-state index contributed by atoms with van der Waals surface area (Å²) in [6.07, 6.45) is 1.48. The number of pyridine rings is 1. The minimum absolute atomic E-state index is 0.160. The Labute approximate surface area is 76.0 Å². The average molecular weight is 178 g/mol. The highest BCUT2D eigenvalue weighted by atomic mass is 16.2. The highest BCUT2D eigenvalue weighted by Gasteiger charge is 2.13. The molecular weight excluding hydrogens is 168 g/mol. The first-order valence-electron chi connectivity index (χ1n) is 3.85. The van der Waals surface area contributed by atoms with Gasteiger partial charge in [0.25, 0.3) is 5.91 Å². The zero-order valence-corrected chi connectivity index (χ0v) is 7.50. The van der Waals surface area contributed by atoms with Crippen LogP contribution in [0.3, 0.4) is 0 Å². The Kier molecular flexibility index (Phi) is 2.74. The van der Waals surface area contributed by atoms with Gasteiger partial charge in [-0.3, -0.25) is 14.6 Å². The molecule has 68 valence electrons. The number of rotatable bonds is 2. The highest BCUT2D eigenvalue weighted by Crippen LogP contribution is 2.05. The molecule has 0 saturated heterocycles. The summed E-state index contributed by atoms with van der Waals surface area (Å²) in [6, 6.07) is 3.21. The number of carbonyl (C=O) groups is 2. The van der Waals surface area contributed by atoms with Gasteiger partial charge in [-0.15, -0.1) is 0 Å². The van der Waals surface area contributed by atoms with Gasteiger partial charge in [0.1, 0.15) is 5.69 Å². The van der Waals surface area contributed by atoms with Crippen molar-refractivity contribution in [2.24, 2.45) is 0 Å². The summed E-state index contributed by atoms with van der Waals surface area (Å²) < 4.78 is 0. The molecule has 4 nitrogen and oxygen atoms in total. The van der Waals surface area contributed by atoms with E-state index in [1.165, 1.54) is 20.2 Å². The van der Waals surface area contributed by atoms with Crippen LogP contribution in [0.1, 0.15) is 27.8 Å². The summed E-state index contributed by atoms with van der Waals surface area (Å²) in [4.78, 5) is 26.1. The molecule has 1 aromatic heterocycles. The van der Waals surface area contributed by atoms with Gasteiger partial charge in [-0.25, -0.2) is 0 Å². The summed E-state index contributed by atoms with van der Waals surface area (Å²) in [5.74, 6) is -0.502. The molecule has 1 heterocycles. The number of nitrogens with one attached hydrogen (secondary N) is 1. The van der Waals surface area contributed by atoms with Crippen molar-refractivity contribution < 1.29 is 9.59 Å². The molecule has 0 unspecified atom stereocenters. The molecule has 4 heteroatoms. The van der Waals surface area contributed by atoms with E-state index >= 15 is 0 Å². The van der Waals surface area contributed by atoms with E-state index in [4.69, 9.17) is 0 Å². The first-order valence-corrected chi connectivity index (χ1v) is 3.85. The molecule has 0 aliphatic rings. The van der Waals surface area contributed by atoms with E-state index in [-0.39, 0.29) is 17.4 Å². The van der Waals surface area contributed by atoms with Gasteiger partial charge in [0.15, 0.2) is 5.78 Å². The second-order valence-electron chi connectivity index (χ2n) is 2.53. The number of Topliss-reactive ketones (excluding diaryl/α,β-unsaturated/α-hetero) is 1. The third-order valence-electron chi connectivity index (χ3n) is 1.63. The third kappa shape index (κ3) is 1.90. The molecule has 0 saturated carbocycles. The second-order valence-corrected chi connectivity index (χ2v) is 2.53. The van der Waals surface area contributed by atoms with Crippen LogP contribution in [0.15, 0.2) is 18.3 Å². The standard InChI is InChI=1S/C9H10N2O2/c1-6(12)7-4-3-5-11-8(7)9(13)10-2/h3-5H,1-2H3,(H,10,13). The Hall–Kier alpha value is -1.71. The molecule has 0 spiro atoms. The minimum atomic E-state index is -0.342. The Balaban J connectivity index is 3.19. The molecule has 0 atom stereocenters. The summed E-state index contributed by atoms with van der Waals surface area (Å²) in [5, 5.41) is 2.42. The lowest BCUT2D eigenvalue weighted by Gasteiger charge is -2.02. The fraction of sp³-hybridized carbons (Fsp3) is 0.222. The van der Waals surface area contributed by atoms with Crippen LogP contribution in [0.5, 0.6) is 0 Å². The fourth-order valence-electron chi connectivity index (χ4n) is 0.989. The van der Waals surface area contributed by atoms with E-state index in [0.717, 1.165) is 0 Å². The molecule has 0 aliphatic carbocycles. The van der Waals surface area contributed by atoms with E-state index in [1.807, 2.05) is 0 Å². The third-order valence-corrected chi connectivity index (χ3v) is 1.63. The van der Waals surface area contributed by atoms with Crippen molar-refractivity contribution in [3.63, 3.8) is 0 Å². The zero-order chi connectivity index (χ0) is 9.84. The molecule has 0 aliphatic heterocycles. The van der Waals surface area contributed by atoms with Crippen molar-refractivity contribution in [1.29, 1.82) is 0 Å². The first-order chi connectivity index (χ1) is 6.16. The smallest absolute Gasteiger partial charge is 0.270 e. The lowest BCUT2D eigenvalue weighted by molar-refractivity contribution is 0.0941. The topological polar surface area (TPSA) is 59.1 Å². The van der Waals surface area contributed by atoms with Crippen LogP contribution in [-0.2, 0) is 0 Å². The molecule has 1 N–H and O–H groups in total. The Bertz CT molecular complexity index is 347. The van der Waals surface area contributed by atoms with Gasteiger partial charge in [0, 0.05) is 18.8 Å². The molecule has 0 fully saturated rings. The molecule has 1 rings (SSSR count). The summed E-state index contributed by atoms with van der Waals surface area (Å²) in [7, 11) is 1.50. The summed E-state index contributed by atoms with van der Waals surface area (Å²) in [6.45, 7) is 1.41. The maximum atomic E-state index is 11.2. The predicted molar refractivity (Wildman–Crippen MR) is 47.6 cm³/mol. The van der Waals surface area contributed by atoms with Gasteiger partial charge in [0.2, 0.25) is 0 Å². The van der Waals surface area contributed by atoms with Crippen LogP contribution < -0.4 is 5.32 Å². The van der Waals surface area contributed by atoms with E-state index in [9.17, 15) is 9.59 Å². The maximum absolute atomic E-state index is 11.2. The molecular formula is C9H10N2O2. The molecule has 1 amide bonds. The van der Waals surface area contributed by atoms with Crippen molar-refractivity contribution in [3.8, 4) is 0 Å². The number of ketones is 1. The maximum Gasteiger partial charge on any atom is 0.270 e. The number of hydrogen-bond acceptors (Lipinski definition) is 3. The fourth-order valence-corrected chi connectivity index (χ4v) is 0.989. The highest BCUT2D eigenvalue weighted by molar-refractivity contribution is 6.05. The number of amides is 1. The Morgan fingerprint density at radius 3 is 2.69 bits per heavy atom. The number of nitrogens with zero attached hydrogens (tertiary/aromatic N) is 1. The van der Waals surface area contributed by atoms with Crippen LogP contribution in [0.25, 0.3) is 0 Å². The lowest BCUT2D eigenvalue weighted by Crippen LogP contribution is -2.21. The van der Waals surface area contributed by atoms with Crippen LogP contribution >= 0.6 is 0 Å². The first kappa shape index (κ1) is 9.38. The Morgan fingerprint density at radius 1 is 1.46 bits per heavy atom. The van der Waals surface area contributed by atoms with Crippen molar-refractivity contribution in [2.75, 3.05) is 7.05 Å². The normalized spacial score (nSPS) is 9.38. The van der Waals surface area contributed by atoms with Crippen LogP contribution in [0.2, 0.25) is 0 Å². The number of aromatic nitrogens is 1. The molecule has 13 heavy (non-hydrogen) atoms. The van der Waals surface area contributed by atoms with Gasteiger partial charge < -0.3 is 5.32 Å². The Morgan fingerprint density at radius 2 is 2.15 bits per heavy atom. The van der Waals surface area contributed by atoms with Crippen molar-refractivity contribution >= 4 is 11.7 Å². The molecule has 1 aromatic rings. The van der Waals surface area contributed by atoms with Gasteiger partial charge in [0.05, 0.1) is 0 Å². The number of carbonyl (C=O) groups excluding carboxylic acids is 2. The average Bonchev–Trinajstić information content (AvgIpc) is 2.16. The van der Waals surface area contributed by atoms with Gasteiger partial charge in [-0.1, -0.05) is 0 Å². The van der Waals surface area contributed by atoms with Gasteiger partial charge >= 0.3 is 0 Å². The van der Waals surface area contributed by atoms with E-state index < -0.39 is 0 Å². The zero-order valence-electron chi connectivity index (χ0n) is 7.50. The predicted octanol–water partition coefficient (Wildman–Crippen LogP) is 0.644. The summed E-state index contributed by atoms with van der Waals surface area (Å²) >= 11 is 0. The van der Waals surface area contributed by atoms with Crippen LogP contribution in [0.4, 0.5) is 0 Å². The minimum Gasteiger partial charge on any atom is -0.354 e. The van der Waals surface area contributed by atoms with Crippen LogP contribution in [0, 0.1) is 0 Å². The van der Waals surface area contributed by atoms with Gasteiger partial charge in [-0.05, 0) is 19.1 Å². The van der Waals surface area contributed by atoms with E-state index in [2.05, 4.69) is 10.3 Å². The molecule has 0 bridgehead atoms. The van der Waals surface area contributed by atoms with Crippen LogP contribution in [-0.4, -0.2) is 23.7 Å². The van der Waals surface area contributed by atoms with Crippen molar-refractivity contribution in [1.82, 2.24) is 10.3 Å². The molecule has 0 aromatic carbocycles. The largest absolute Gasteiger partial charge is 0.354 e. The van der Waals surface area contributed by atoms with Gasteiger partial charge in [-0.2, -0.15) is 0 Å². The molecule has 0 radical (unpaired) electrons.